The largest absolute Gasteiger partial charge is 0.350 e. The molecule has 4 N–H and O–H groups in total. The fourth-order valence-electron chi connectivity index (χ4n) is 4.52. The number of carbonyl (C=O) groups is 1. The van der Waals surface area contributed by atoms with Gasteiger partial charge >= 0.3 is 0 Å². The molecule has 0 atom stereocenters. The third-order valence-corrected chi connectivity index (χ3v) is 7.55. The van der Waals surface area contributed by atoms with E-state index in [4.69, 9.17) is 4.55 Å². The van der Waals surface area contributed by atoms with Crippen LogP contribution in [0.3, 0.4) is 0 Å². The van der Waals surface area contributed by atoms with Gasteiger partial charge in [0.05, 0.1) is 11.3 Å². The van der Waals surface area contributed by atoms with Gasteiger partial charge in [-0.25, -0.2) is 0 Å². The Morgan fingerprint density at radius 2 is 1.03 bits per heavy atom. The summed E-state index contributed by atoms with van der Waals surface area (Å²) in [6.45, 7) is 8.87. The maximum Gasteiger partial charge on any atom is 0.267 e. The molecule has 0 aliphatic rings. The molecule has 0 bridgehead atoms. The lowest BCUT2D eigenvalue weighted by Crippen LogP contribution is -2.48. The number of amides is 1. The van der Waals surface area contributed by atoms with E-state index >= 15 is 0 Å². The van der Waals surface area contributed by atoms with Crippen LogP contribution in [0.2, 0.25) is 0 Å². The van der Waals surface area contributed by atoms with Crippen molar-refractivity contribution in [2.75, 3.05) is 31.9 Å². The number of unbranched alkanes of at least 4 members (excludes halogenated alkanes) is 15. The molecular formula is C28H59N3O4S. The second-order valence-electron chi connectivity index (χ2n) is 11.1. The first-order valence-corrected chi connectivity index (χ1v) is 16.4. The van der Waals surface area contributed by atoms with Crippen LogP contribution in [0.1, 0.15) is 136 Å². The molecule has 0 aliphatic heterocycles. The van der Waals surface area contributed by atoms with Crippen LogP contribution in [0.25, 0.3) is 0 Å². The summed E-state index contributed by atoms with van der Waals surface area (Å²) in [5, 5.41) is 9.38. The average molecular weight is 534 g/mol. The minimum Gasteiger partial charge on any atom is -0.350 e. The monoisotopic (exact) mass is 533 g/mol. The lowest BCUT2D eigenvalue weighted by molar-refractivity contribution is -0.122. The number of hydrogen-bond acceptors (Lipinski definition) is 5. The zero-order chi connectivity index (χ0) is 27.0. The number of hydrogen-bond donors (Lipinski definition) is 4. The van der Waals surface area contributed by atoms with Crippen LogP contribution in [0, 0.1) is 0 Å². The van der Waals surface area contributed by atoms with Gasteiger partial charge in [0.15, 0.2) is 0 Å². The summed E-state index contributed by atoms with van der Waals surface area (Å²) < 4.78 is 30.9. The number of rotatable bonds is 27. The smallest absolute Gasteiger partial charge is 0.267 e. The molecule has 0 radical (unpaired) electrons. The van der Waals surface area contributed by atoms with Gasteiger partial charge in [-0.3, -0.25) is 9.35 Å². The van der Waals surface area contributed by atoms with E-state index in [1.54, 1.807) is 13.8 Å². The Morgan fingerprint density at radius 3 is 1.47 bits per heavy atom. The van der Waals surface area contributed by atoms with Crippen molar-refractivity contribution in [2.24, 2.45) is 0 Å². The molecule has 7 nitrogen and oxygen atoms in total. The number of nitrogens with one attached hydrogen (secondary N) is 3. The normalized spacial score (nSPS) is 12.2. The van der Waals surface area contributed by atoms with Gasteiger partial charge in [0, 0.05) is 13.0 Å². The van der Waals surface area contributed by atoms with Gasteiger partial charge in [0.25, 0.3) is 10.1 Å². The Kier molecular flexibility index (Phi) is 23.0. The SMILES string of the molecule is CCCCCCCCCCCCCCCCCCNCCCNCCC(=O)NC(C)(C)CS(=O)(=O)O. The van der Waals surface area contributed by atoms with Gasteiger partial charge < -0.3 is 16.0 Å². The van der Waals surface area contributed by atoms with Crippen molar-refractivity contribution in [3.63, 3.8) is 0 Å². The van der Waals surface area contributed by atoms with Crippen molar-refractivity contribution in [2.45, 2.75) is 142 Å². The molecule has 0 saturated carbocycles. The zero-order valence-corrected chi connectivity index (χ0v) is 24.7. The van der Waals surface area contributed by atoms with Gasteiger partial charge in [0.1, 0.15) is 0 Å². The van der Waals surface area contributed by atoms with E-state index in [0.29, 0.717) is 6.54 Å². The maximum absolute atomic E-state index is 11.9. The molecule has 0 heterocycles. The first-order valence-electron chi connectivity index (χ1n) is 14.8. The van der Waals surface area contributed by atoms with E-state index in [1.165, 1.54) is 103 Å². The van der Waals surface area contributed by atoms with Crippen LogP contribution >= 0.6 is 0 Å². The fraction of sp³-hybridized carbons (Fsp3) is 0.964. The molecular weight excluding hydrogens is 474 g/mol. The standard InChI is InChI=1S/C28H59N3O4S/c1-4-5-6-7-8-9-10-11-12-13-14-15-16-17-18-19-22-29-23-20-24-30-25-21-27(32)31-28(2,3)26-36(33,34)35/h29-30H,4-26H2,1-3H3,(H,31,32)(H,33,34,35). The molecule has 0 saturated heterocycles. The van der Waals surface area contributed by atoms with Crippen LogP contribution in [-0.2, 0) is 14.9 Å². The van der Waals surface area contributed by atoms with E-state index in [2.05, 4.69) is 22.9 Å². The lowest BCUT2D eigenvalue weighted by atomic mass is 10.0. The molecule has 8 heteroatoms. The first kappa shape index (κ1) is 35.3. The Morgan fingerprint density at radius 1 is 0.639 bits per heavy atom. The van der Waals surface area contributed by atoms with Crippen molar-refractivity contribution in [1.29, 1.82) is 0 Å². The minimum absolute atomic E-state index is 0.224. The predicted octanol–water partition coefficient (Wildman–Crippen LogP) is 5.99. The van der Waals surface area contributed by atoms with Gasteiger partial charge in [-0.2, -0.15) is 8.42 Å². The molecule has 0 unspecified atom stereocenters. The van der Waals surface area contributed by atoms with E-state index in [9.17, 15) is 13.2 Å². The molecule has 0 aromatic carbocycles. The molecule has 0 aliphatic carbocycles. The summed E-state index contributed by atoms with van der Waals surface area (Å²) in [6, 6.07) is 0. The Labute approximate surface area is 223 Å². The van der Waals surface area contributed by atoms with Gasteiger partial charge in [-0.05, 0) is 46.3 Å². The second kappa shape index (κ2) is 23.4. The quantitative estimate of drug-likeness (QED) is 0.0763. The second-order valence-corrected chi connectivity index (χ2v) is 12.5. The van der Waals surface area contributed by atoms with Crippen molar-refractivity contribution >= 4 is 16.0 Å². The number of carbonyl (C=O) groups excluding carboxylic acids is 1. The topological polar surface area (TPSA) is 108 Å². The highest BCUT2D eigenvalue weighted by atomic mass is 32.2. The first-order chi connectivity index (χ1) is 17.2. The fourth-order valence-corrected chi connectivity index (χ4v) is 5.50. The van der Waals surface area contributed by atoms with Crippen molar-refractivity contribution < 1.29 is 17.8 Å². The molecule has 0 spiro atoms. The summed E-state index contributed by atoms with van der Waals surface area (Å²) in [4.78, 5) is 11.9. The molecule has 0 aromatic heterocycles. The Balaban J connectivity index is 3.28. The van der Waals surface area contributed by atoms with Crippen LogP contribution < -0.4 is 16.0 Å². The molecule has 0 fully saturated rings. The highest BCUT2D eigenvalue weighted by Gasteiger charge is 2.26. The zero-order valence-electron chi connectivity index (χ0n) is 23.8. The van der Waals surface area contributed by atoms with E-state index in [1.807, 2.05) is 0 Å². The van der Waals surface area contributed by atoms with Crippen LogP contribution in [0.4, 0.5) is 0 Å². The van der Waals surface area contributed by atoms with E-state index in [0.717, 1.165) is 26.1 Å². The molecule has 36 heavy (non-hydrogen) atoms. The van der Waals surface area contributed by atoms with Gasteiger partial charge in [-0.1, -0.05) is 103 Å². The Bertz CT molecular complexity index is 612. The van der Waals surface area contributed by atoms with Crippen molar-refractivity contribution in [3.8, 4) is 0 Å². The minimum atomic E-state index is -4.12. The highest BCUT2D eigenvalue weighted by molar-refractivity contribution is 7.85. The van der Waals surface area contributed by atoms with Gasteiger partial charge in [0.2, 0.25) is 5.91 Å². The van der Waals surface area contributed by atoms with Crippen LogP contribution in [0.15, 0.2) is 0 Å². The van der Waals surface area contributed by atoms with Gasteiger partial charge in [-0.15, -0.1) is 0 Å². The molecule has 216 valence electrons. The van der Waals surface area contributed by atoms with E-state index in [-0.39, 0.29) is 12.3 Å². The summed E-state index contributed by atoms with van der Waals surface area (Å²) >= 11 is 0. The average Bonchev–Trinajstić information content (AvgIpc) is 2.77. The summed E-state index contributed by atoms with van der Waals surface area (Å²) in [5.41, 5.74) is -0.985. The summed E-state index contributed by atoms with van der Waals surface area (Å²) in [5.74, 6) is -0.720. The predicted molar refractivity (Wildman–Crippen MR) is 153 cm³/mol. The lowest BCUT2D eigenvalue weighted by Gasteiger charge is -2.24. The summed E-state index contributed by atoms with van der Waals surface area (Å²) in [6.07, 6.45) is 23.6. The molecule has 0 aromatic rings. The van der Waals surface area contributed by atoms with Crippen LogP contribution in [0.5, 0.6) is 0 Å². The van der Waals surface area contributed by atoms with Crippen molar-refractivity contribution in [1.82, 2.24) is 16.0 Å². The highest BCUT2D eigenvalue weighted by Crippen LogP contribution is 2.13. The molecule has 0 rings (SSSR count). The third-order valence-electron chi connectivity index (χ3n) is 6.46. The molecule has 1 amide bonds. The van der Waals surface area contributed by atoms with Crippen LogP contribution in [-0.4, -0.2) is 56.3 Å². The Hall–Kier alpha value is -0.700. The maximum atomic E-state index is 11.9. The third kappa shape index (κ3) is 27.9. The van der Waals surface area contributed by atoms with E-state index < -0.39 is 21.4 Å². The van der Waals surface area contributed by atoms with Crippen molar-refractivity contribution in [3.05, 3.63) is 0 Å². The summed E-state index contributed by atoms with van der Waals surface area (Å²) in [7, 11) is -4.12.